The quantitative estimate of drug-likeness (QED) is 0.530. The van der Waals surface area contributed by atoms with E-state index in [1.165, 1.54) is 0 Å². The smallest absolute Gasteiger partial charge is 0.312 e. The van der Waals surface area contributed by atoms with Gasteiger partial charge in [-0.05, 0) is 28.5 Å². The number of carbonyl (C=O) groups is 1. The van der Waals surface area contributed by atoms with Crippen molar-refractivity contribution >= 4 is 27.6 Å². The van der Waals surface area contributed by atoms with Crippen molar-refractivity contribution < 1.29 is 9.53 Å². The van der Waals surface area contributed by atoms with Crippen LogP contribution >= 0.6 is 0 Å². The number of benzene rings is 3. The third-order valence-electron chi connectivity index (χ3n) is 5.04. The fourth-order valence-electron chi connectivity index (χ4n) is 3.90. The number of ether oxygens (including phenoxy) is 1. The number of H-pyrrole nitrogens is 1. The van der Waals surface area contributed by atoms with Crippen molar-refractivity contribution in [2.24, 2.45) is 0 Å². The number of nitrogens with one attached hydrogen (secondary N) is 1. The highest BCUT2D eigenvalue weighted by atomic mass is 16.5. The third-order valence-corrected chi connectivity index (χ3v) is 5.04. The summed E-state index contributed by atoms with van der Waals surface area (Å²) in [5.74, 6) is -0.254. The molecular weight excluding hydrogens is 326 g/mol. The lowest BCUT2D eigenvalue weighted by Gasteiger charge is -2.26. The number of aromatic amines is 1. The summed E-state index contributed by atoms with van der Waals surface area (Å²) in [6.45, 7) is 0. The average molecular weight is 341 g/mol. The molecule has 1 unspecified atom stereocenters. The molecule has 4 nitrogen and oxygen atoms in total. The van der Waals surface area contributed by atoms with Crippen LogP contribution in [0.25, 0.3) is 21.7 Å². The first-order valence-corrected chi connectivity index (χ1v) is 8.55. The summed E-state index contributed by atoms with van der Waals surface area (Å²) in [7, 11) is 0. The van der Waals surface area contributed by atoms with Gasteiger partial charge in [0.25, 0.3) is 5.56 Å². The Morgan fingerprint density at radius 1 is 0.846 bits per heavy atom. The van der Waals surface area contributed by atoms with Gasteiger partial charge in [-0.15, -0.1) is 0 Å². The zero-order valence-electron chi connectivity index (χ0n) is 13.9. The average Bonchev–Trinajstić information content (AvgIpc) is 2.67. The second kappa shape index (κ2) is 5.56. The highest BCUT2D eigenvalue weighted by Gasteiger charge is 2.33. The van der Waals surface area contributed by atoms with Crippen LogP contribution in [0.15, 0.2) is 71.5 Å². The molecule has 0 amide bonds. The molecule has 126 valence electrons. The Hall–Kier alpha value is -3.40. The van der Waals surface area contributed by atoms with Gasteiger partial charge in [0.15, 0.2) is 0 Å². The van der Waals surface area contributed by atoms with Gasteiger partial charge in [0.2, 0.25) is 0 Å². The summed E-state index contributed by atoms with van der Waals surface area (Å²) in [6.07, 6.45) is 0.155. The van der Waals surface area contributed by atoms with Crippen molar-refractivity contribution in [1.29, 1.82) is 0 Å². The van der Waals surface area contributed by atoms with Crippen LogP contribution in [0.5, 0.6) is 5.75 Å². The summed E-state index contributed by atoms with van der Waals surface area (Å²) in [4.78, 5) is 28.2. The summed E-state index contributed by atoms with van der Waals surface area (Å²) in [5, 5.41) is 2.89. The molecule has 2 heterocycles. The van der Waals surface area contributed by atoms with Gasteiger partial charge in [0.1, 0.15) is 5.75 Å². The van der Waals surface area contributed by atoms with Crippen LogP contribution in [0.2, 0.25) is 0 Å². The zero-order chi connectivity index (χ0) is 17.7. The van der Waals surface area contributed by atoms with E-state index in [4.69, 9.17) is 4.74 Å². The standard InChI is InChI=1S/C22H15NO3/c24-19-12-17(15-10-5-7-13-6-1-2-8-14(13)15)20-21(26-19)16-9-3-4-11-18(16)23-22(20)25/h1-11,17H,12H2,(H,23,25). The van der Waals surface area contributed by atoms with Gasteiger partial charge in [-0.1, -0.05) is 54.6 Å². The van der Waals surface area contributed by atoms with Gasteiger partial charge in [-0.3, -0.25) is 9.59 Å². The Balaban J connectivity index is 1.85. The molecule has 0 aliphatic carbocycles. The molecule has 0 fully saturated rings. The number of fused-ring (bicyclic) bond motifs is 4. The first kappa shape index (κ1) is 14.9. The van der Waals surface area contributed by atoms with Gasteiger partial charge in [0, 0.05) is 11.3 Å². The van der Waals surface area contributed by atoms with E-state index >= 15 is 0 Å². The molecule has 3 aromatic carbocycles. The lowest BCUT2D eigenvalue weighted by Crippen LogP contribution is -2.28. The van der Waals surface area contributed by atoms with E-state index in [1.807, 2.05) is 66.7 Å². The molecule has 0 radical (unpaired) electrons. The molecule has 0 saturated carbocycles. The predicted octanol–water partition coefficient (Wildman–Crippen LogP) is 4.12. The molecule has 0 saturated heterocycles. The summed E-state index contributed by atoms with van der Waals surface area (Å²) in [5.41, 5.74) is 1.97. The van der Waals surface area contributed by atoms with Crippen molar-refractivity contribution in [2.45, 2.75) is 12.3 Å². The van der Waals surface area contributed by atoms with Crippen molar-refractivity contribution in [3.63, 3.8) is 0 Å². The Kier molecular flexibility index (Phi) is 3.19. The van der Waals surface area contributed by atoms with Crippen LogP contribution in [0.3, 0.4) is 0 Å². The highest BCUT2D eigenvalue weighted by Crippen LogP contribution is 2.41. The predicted molar refractivity (Wildman–Crippen MR) is 101 cm³/mol. The van der Waals surface area contributed by atoms with E-state index < -0.39 is 0 Å². The summed E-state index contributed by atoms with van der Waals surface area (Å²) < 4.78 is 5.53. The minimum Gasteiger partial charge on any atom is -0.425 e. The van der Waals surface area contributed by atoms with Gasteiger partial charge in [-0.25, -0.2) is 0 Å². The molecule has 1 atom stereocenters. The minimum atomic E-state index is -0.328. The zero-order valence-corrected chi connectivity index (χ0v) is 13.9. The lowest BCUT2D eigenvalue weighted by molar-refractivity contribution is -0.135. The van der Waals surface area contributed by atoms with E-state index in [1.54, 1.807) is 0 Å². The van der Waals surface area contributed by atoms with Gasteiger partial charge < -0.3 is 9.72 Å². The largest absolute Gasteiger partial charge is 0.425 e. The molecule has 5 rings (SSSR count). The summed E-state index contributed by atoms with van der Waals surface area (Å²) in [6, 6.07) is 21.4. The molecule has 1 aliphatic heterocycles. The molecule has 4 aromatic rings. The molecule has 4 heteroatoms. The minimum absolute atomic E-state index is 0.155. The molecule has 1 aromatic heterocycles. The number of esters is 1. The molecule has 0 bridgehead atoms. The Bertz CT molecular complexity index is 1230. The maximum absolute atomic E-state index is 12.9. The van der Waals surface area contributed by atoms with Gasteiger partial charge >= 0.3 is 5.97 Å². The number of aromatic nitrogens is 1. The van der Waals surface area contributed by atoms with E-state index in [0.717, 1.165) is 21.7 Å². The van der Waals surface area contributed by atoms with Crippen molar-refractivity contribution in [2.75, 3.05) is 0 Å². The number of carbonyl (C=O) groups excluding carboxylic acids is 1. The second-order valence-electron chi connectivity index (χ2n) is 6.54. The van der Waals surface area contributed by atoms with E-state index in [2.05, 4.69) is 4.98 Å². The van der Waals surface area contributed by atoms with E-state index in [9.17, 15) is 9.59 Å². The van der Waals surface area contributed by atoms with Crippen LogP contribution in [0, 0.1) is 0 Å². The topological polar surface area (TPSA) is 59.2 Å². The maximum atomic E-state index is 12.9. The first-order valence-electron chi connectivity index (χ1n) is 8.55. The fraction of sp³-hybridized carbons (Fsp3) is 0.0909. The summed E-state index contributed by atoms with van der Waals surface area (Å²) >= 11 is 0. The molecule has 1 aliphatic rings. The molecule has 0 spiro atoms. The first-order chi connectivity index (χ1) is 12.7. The van der Waals surface area contributed by atoms with Crippen molar-refractivity contribution in [1.82, 2.24) is 4.98 Å². The number of hydrogen-bond acceptors (Lipinski definition) is 3. The monoisotopic (exact) mass is 341 g/mol. The molecule has 1 N–H and O–H groups in total. The fourth-order valence-corrected chi connectivity index (χ4v) is 3.90. The third kappa shape index (κ3) is 2.15. The van der Waals surface area contributed by atoms with Crippen LogP contribution in [0.4, 0.5) is 0 Å². The van der Waals surface area contributed by atoms with Crippen LogP contribution in [0.1, 0.15) is 23.5 Å². The van der Waals surface area contributed by atoms with Crippen molar-refractivity contribution in [3.05, 3.63) is 88.2 Å². The molecular formula is C22H15NO3. The SMILES string of the molecule is O=C1CC(c2cccc3ccccc23)c2c(c3ccccc3[nH]c2=O)O1. The van der Waals surface area contributed by atoms with Crippen LogP contribution in [-0.2, 0) is 4.79 Å². The van der Waals surface area contributed by atoms with Gasteiger partial charge in [-0.2, -0.15) is 0 Å². The number of rotatable bonds is 1. The van der Waals surface area contributed by atoms with Crippen LogP contribution in [-0.4, -0.2) is 11.0 Å². The van der Waals surface area contributed by atoms with E-state index in [0.29, 0.717) is 16.8 Å². The Morgan fingerprint density at radius 3 is 2.46 bits per heavy atom. The Morgan fingerprint density at radius 2 is 1.58 bits per heavy atom. The van der Waals surface area contributed by atoms with E-state index in [-0.39, 0.29) is 23.9 Å². The normalized spacial score (nSPS) is 16.5. The van der Waals surface area contributed by atoms with Crippen molar-refractivity contribution in [3.8, 4) is 5.75 Å². The molecule has 26 heavy (non-hydrogen) atoms. The lowest BCUT2D eigenvalue weighted by atomic mass is 9.84. The Labute approximate surface area is 149 Å². The number of pyridine rings is 1. The number of hydrogen-bond donors (Lipinski definition) is 1. The number of para-hydroxylation sites is 1. The van der Waals surface area contributed by atoms with Gasteiger partial charge in [0.05, 0.1) is 17.5 Å². The second-order valence-corrected chi connectivity index (χ2v) is 6.54. The highest BCUT2D eigenvalue weighted by molar-refractivity contribution is 5.93. The maximum Gasteiger partial charge on any atom is 0.312 e. The van der Waals surface area contributed by atoms with Crippen LogP contribution < -0.4 is 10.3 Å².